The average molecular weight is 237 g/mol. The van der Waals surface area contributed by atoms with Gasteiger partial charge in [-0.2, -0.15) is 5.10 Å². The Bertz CT molecular complexity index is 348. The van der Waals surface area contributed by atoms with Gasteiger partial charge in [0.05, 0.1) is 12.8 Å². The fraction of sp³-hybridized carbons (Fsp3) is 0.615. The van der Waals surface area contributed by atoms with E-state index in [1.165, 1.54) is 5.56 Å². The summed E-state index contributed by atoms with van der Waals surface area (Å²) in [4.78, 5) is 0. The second-order valence-electron chi connectivity index (χ2n) is 4.73. The predicted octanol–water partition coefficient (Wildman–Crippen LogP) is 1.39. The Kier molecular flexibility index (Phi) is 5.38. The first-order valence-corrected chi connectivity index (χ1v) is 5.90. The first kappa shape index (κ1) is 13.9. The molecule has 0 bridgehead atoms. The Morgan fingerprint density at radius 1 is 1.65 bits per heavy atom. The third kappa shape index (κ3) is 4.71. The van der Waals surface area contributed by atoms with Gasteiger partial charge in [-0.05, 0) is 12.0 Å². The van der Waals surface area contributed by atoms with E-state index in [1.807, 2.05) is 24.0 Å². The molecule has 1 unspecified atom stereocenters. The Hall–Kier alpha value is -1.13. The van der Waals surface area contributed by atoms with Crippen molar-refractivity contribution in [3.05, 3.63) is 30.6 Å². The van der Waals surface area contributed by atoms with Crippen LogP contribution >= 0.6 is 0 Å². The molecule has 0 amide bonds. The summed E-state index contributed by atoms with van der Waals surface area (Å²) in [6.07, 6.45) is 6.93. The van der Waals surface area contributed by atoms with Crippen LogP contribution in [0.5, 0.6) is 0 Å². The van der Waals surface area contributed by atoms with Gasteiger partial charge >= 0.3 is 0 Å². The van der Waals surface area contributed by atoms with E-state index >= 15 is 0 Å². The molecule has 0 fully saturated rings. The zero-order valence-corrected chi connectivity index (χ0v) is 11.1. The fourth-order valence-electron chi connectivity index (χ4n) is 1.78. The maximum absolute atomic E-state index is 5.01. The van der Waals surface area contributed by atoms with Crippen LogP contribution in [0.25, 0.3) is 0 Å². The lowest BCUT2D eigenvalue weighted by atomic mass is 9.84. The monoisotopic (exact) mass is 237 g/mol. The Labute approximate surface area is 104 Å². The van der Waals surface area contributed by atoms with Crippen molar-refractivity contribution in [3.8, 4) is 0 Å². The molecule has 0 aromatic carbocycles. The van der Waals surface area contributed by atoms with Crippen LogP contribution in [0.3, 0.4) is 0 Å². The van der Waals surface area contributed by atoms with Gasteiger partial charge in [0.1, 0.15) is 0 Å². The maximum atomic E-state index is 5.01. The molecule has 0 aliphatic rings. The molecule has 96 valence electrons. The zero-order valence-electron chi connectivity index (χ0n) is 11.1. The Morgan fingerprint density at radius 2 is 2.41 bits per heavy atom. The molecule has 1 atom stereocenters. The van der Waals surface area contributed by atoms with Gasteiger partial charge in [0.2, 0.25) is 0 Å². The van der Waals surface area contributed by atoms with E-state index in [2.05, 4.69) is 30.1 Å². The molecule has 1 rings (SSSR count). The summed E-state index contributed by atoms with van der Waals surface area (Å²) >= 11 is 0. The summed E-state index contributed by atoms with van der Waals surface area (Å²) in [5, 5.41) is 7.57. The molecule has 0 spiro atoms. The van der Waals surface area contributed by atoms with Crippen molar-refractivity contribution in [1.82, 2.24) is 15.1 Å². The van der Waals surface area contributed by atoms with Gasteiger partial charge in [-0.25, -0.2) is 0 Å². The minimum Gasteiger partial charge on any atom is -0.383 e. The molecule has 0 radical (unpaired) electrons. The summed E-state index contributed by atoms with van der Waals surface area (Å²) in [7, 11) is 3.65. The molecule has 1 N–H and O–H groups in total. The van der Waals surface area contributed by atoms with Gasteiger partial charge in [-0.1, -0.05) is 13.0 Å². The lowest BCUT2D eigenvalue weighted by molar-refractivity contribution is 0.196. The fourth-order valence-corrected chi connectivity index (χ4v) is 1.78. The van der Waals surface area contributed by atoms with Crippen LogP contribution < -0.4 is 5.32 Å². The highest BCUT2D eigenvalue weighted by Gasteiger charge is 2.20. The second kappa shape index (κ2) is 6.57. The number of nitrogens with zero attached hydrogens (tertiary/aromatic N) is 2. The van der Waals surface area contributed by atoms with Crippen LogP contribution in [0.4, 0.5) is 0 Å². The Balaban J connectivity index is 2.47. The van der Waals surface area contributed by atoms with Crippen LogP contribution in [-0.4, -0.2) is 36.6 Å². The second-order valence-corrected chi connectivity index (χ2v) is 4.73. The highest BCUT2D eigenvalue weighted by Crippen LogP contribution is 2.22. The van der Waals surface area contributed by atoms with E-state index in [-0.39, 0.29) is 5.41 Å². The lowest BCUT2D eigenvalue weighted by Gasteiger charge is -2.25. The average Bonchev–Trinajstić information content (AvgIpc) is 2.70. The van der Waals surface area contributed by atoms with E-state index in [4.69, 9.17) is 4.74 Å². The van der Waals surface area contributed by atoms with Crippen molar-refractivity contribution < 1.29 is 4.74 Å². The lowest BCUT2D eigenvalue weighted by Crippen LogP contribution is -2.33. The van der Waals surface area contributed by atoms with E-state index < -0.39 is 0 Å². The summed E-state index contributed by atoms with van der Waals surface area (Å²) in [5.74, 6) is 0. The van der Waals surface area contributed by atoms with Crippen LogP contribution in [-0.2, 0) is 18.2 Å². The molecule has 0 saturated carbocycles. The number of hydrogen-bond acceptors (Lipinski definition) is 3. The number of aromatic nitrogens is 2. The van der Waals surface area contributed by atoms with Crippen molar-refractivity contribution in [1.29, 1.82) is 0 Å². The number of ether oxygens (including phenoxy) is 1. The SMILES string of the molecule is C=CC(C)(CNCCOC)Cc1cnn(C)c1. The molecular weight excluding hydrogens is 214 g/mol. The predicted molar refractivity (Wildman–Crippen MR) is 70.0 cm³/mol. The van der Waals surface area contributed by atoms with Crippen LogP contribution in [0.15, 0.2) is 25.0 Å². The van der Waals surface area contributed by atoms with Crippen molar-refractivity contribution in [3.63, 3.8) is 0 Å². The van der Waals surface area contributed by atoms with Gasteiger partial charge in [-0.15, -0.1) is 6.58 Å². The minimum atomic E-state index is 0.0524. The summed E-state index contributed by atoms with van der Waals surface area (Å²) in [6.45, 7) is 8.64. The molecule has 17 heavy (non-hydrogen) atoms. The van der Waals surface area contributed by atoms with Gasteiger partial charge in [-0.3, -0.25) is 4.68 Å². The van der Waals surface area contributed by atoms with Crippen LogP contribution in [0.2, 0.25) is 0 Å². The first-order chi connectivity index (χ1) is 8.09. The summed E-state index contributed by atoms with van der Waals surface area (Å²) in [5.41, 5.74) is 1.29. The van der Waals surface area contributed by atoms with E-state index in [0.29, 0.717) is 0 Å². The smallest absolute Gasteiger partial charge is 0.0587 e. The van der Waals surface area contributed by atoms with Crippen LogP contribution in [0.1, 0.15) is 12.5 Å². The standard InChI is InChI=1S/C13H23N3O/c1-5-13(2,11-14-6-7-17-4)8-12-9-15-16(3)10-12/h5,9-10,14H,1,6-8,11H2,2-4H3. The third-order valence-corrected chi connectivity index (χ3v) is 2.87. The minimum absolute atomic E-state index is 0.0524. The first-order valence-electron chi connectivity index (χ1n) is 5.90. The highest BCUT2D eigenvalue weighted by atomic mass is 16.5. The third-order valence-electron chi connectivity index (χ3n) is 2.87. The van der Waals surface area contributed by atoms with Gasteiger partial charge in [0.15, 0.2) is 0 Å². The molecule has 0 saturated heterocycles. The molecule has 1 aromatic rings. The highest BCUT2D eigenvalue weighted by molar-refractivity contribution is 5.10. The molecule has 4 nitrogen and oxygen atoms in total. The normalized spacial score (nSPS) is 14.5. The molecule has 0 aliphatic carbocycles. The number of hydrogen-bond donors (Lipinski definition) is 1. The number of aryl methyl sites for hydroxylation is 1. The van der Waals surface area contributed by atoms with Crippen molar-refractivity contribution in [2.75, 3.05) is 26.8 Å². The number of methoxy groups -OCH3 is 1. The van der Waals surface area contributed by atoms with Gasteiger partial charge in [0.25, 0.3) is 0 Å². The summed E-state index contributed by atoms with van der Waals surface area (Å²) in [6, 6.07) is 0. The van der Waals surface area contributed by atoms with Crippen LogP contribution in [0, 0.1) is 5.41 Å². The zero-order chi connectivity index (χ0) is 12.7. The summed E-state index contributed by atoms with van der Waals surface area (Å²) < 4.78 is 6.84. The van der Waals surface area contributed by atoms with Gasteiger partial charge in [0, 0.05) is 38.9 Å². The molecule has 4 heteroatoms. The molecular formula is C13H23N3O. The number of nitrogens with one attached hydrogen (secondary N) is 1. The van der Waals surface area contributed by atoms with E-state index in [9.17, 15) is 0 Å². The topological polar surface area (TPSA) is 39.1 Å². The molecule has 1 heterocycles. The van der Waals surface area contributed by atoms with E-state index in [0.717, 1.165) is 26.1 Å². The number of rotatable bonds is 8. The molecule has 0 aliphatic heterocycles. The molecule has 1 aromatic heterocycles. The van der Waals surface area contributed by atoms with Crippen molar-refractivity contribution in [2.45, 2.75) is 13.3 Å². The largest absolute Gasteiger partial charge is 0.383 e. The van der Waals surface area contributed by atoms with E-state index in [1.54, 1.807) is 7.11 Å². The van der Waals surface area contributed by atoms with Gasteiger partial charge < -0.3 is 10.1 Å². The Morgan fingerprint density at radius 3 is 2.94 bits per heavy atom. The quantitative estimate of drug-likeness (QED) is 0.548. The van der Waals surface area contributed by atoms with Crippen molar-refractivity contribution in [2.24, 2.45) is 12.5 Å². The van der Waals surface area contributed by atoms with Crippen molar-refractivity contribution >= 4 is 0 Å². The maximum Gasteiger partial charge on any atom is 0.0587 e.